The van der Waals surface area contributed by atoms with Gasteiger partial charge in [0.2, 0.25) is 5.91 Å². The van der Waals surface area contributed by atoms with E-state index in [2.05, 4.69) is 4.98 Å². The number of hydrogen-bond acceptors (Lipinski definition) is 7. The minimum Gasteiger partial charge on any atom is -0.467 e. The van der Waals surface area contributed by atoms with Crippen LogP contribution in [0.25, 0.3) is 10.2 Å². The Balaban J connectivity index is 1.13. The lowest BCUT2D eigenvalue weighted by Gasteiger charge is -2.36. The third-order valence-electron chi connectivity index (χ3n) is 6.36. The molecule has 13 heteroatoms. The van der Waals surface area contributed by atoms with Crippen molar-refractivity contribution in [3.8, 4) is 5.19 Å². The maximum absolute atomic E-state index is 13.9. The molecule has 0 saturated carbocycles. The van der Waals surface area contributed by atoms with Gasteiger partial charge in [0.1, 0.15) is 21.6 Å². The first-order valence-corrected chi connectivity index (χ1v) is 14.6. The van der Waals surface area contributed by atoms with Crippen LogP contribution in [-0.2, 0) is 14.8 Å². The summed E-state index contributed by atoms with van der Waals surface area (Å²) in [5.41, 5.74) is 0.0922. The van der Waals surface area contributed by atoms with Crippen molar-refractivity contribution < 1.29 is 26.7 Å². The zero-order valence-electron chi connectivity index (χ0n) is 18.5. The van der Waals surface area contributed by atoms with E-state index in [0.717, 1.165) is 28.7 Å². The molecule has 0 bridgehead atoms. The van der Waals surface area contributed by atoms with Gasteiger partial charge in [0.15, 0.2) is 5.82 Å². The maximum Gasteiger partial charge on any atom is 0.274 e. The number of hydrogen-bond donors (Lipinski definition) is 0. The molecule has 1 amide bonds. The average Bonchev–Trinajstić information content (AvgIpc) is 3.45. The number of amides is 1. The van der Waals surface area contributed by atoms with E-state index >= 15 is 0 Å². The molecule has 2 saturated heterocycles. The zero-order valence-corrected chi connectivity index (χ0v) is 21.7. The first-order valence-electron chi connectivity index (χ1n) is 11.2. The van der Waals surface area contributed by atoms with Gasteiger partial charge in [-0.2, -0.15) is 9.29 Å². The van der Waals surface area contributed by atoms with Gasteiger partial charge in [-0.05, 0) is 31.0 Å². The molecule has 2 aliphatic heterocycles. The molecule has 4 heterocycles. The predicted octanol–water partition coefficient (Wildman–Crippen LogP) is 4.76. The van der Waals surface area contributed by atoms with E-state index in [1.54, 1.807) is 11.0 Å². The third kappa shape index (κ3) is 5.17. The Bertz CT molecular complexity index is 1350. The monoisotopic (exact) mass is 561 g/mol. The van der Waals surface area contributed by atoms with E-state index in [1.165, 1.54) is 16.4 Å². The van der Waals surface area contributed by atoms with Gasteiger partial charge >= 0.3 is 0 Å². The quantitative estimate of drug-likeness (QED) is 0.449. The topological polar surface area (TPSA) is 79.8 Å². The van der Waals surface area contributed by atoms with Crippen LogP contribution in [0.5, 0.6) is 5.19 Å². The van der Waals surface area contributed by atoms with Crippen LogP contribution in [0.3, 0.4) is 0 Å². The highest BCUT2D eigenvalue weighted by Gasteiger charge is 2.35. The minimum atomic E-state index is -3.59. The lowest BCUT2D eigenvalue weighted by atomic mass is 9.95. The number of halogens is 3. The summed E-state index contributed by atoms with van der Waals surface area (Å²) in [5.74, 6) is -1.55. The van der Waals surface area contributed by atoms with Crippen molar-refractivity contribution in [1.82, 2.24) is 14.2 Å². The first kappa shape index (κ1) is 24.8. The van der Waals surface area contributed by atoms with E-state index in [-0.39, 0.29) is 32.8 Å². The molecule has 3 aromatic rings. The van der Waals surface area contributed by atoms with Crippen molar-refractivity contribution >= 4 is 60.4 Å². The molecule has 2 fully saturated rings. The number of thiazole rings is 1. The van der Waals surface area contributed by atoms with Crippen molar-refractivity contribution in [3.05, 3.63) is 40.2 Å². The van der Waals surface area contributed by atoms with E-state index in [4.69, 9.17) is 16.3 Å². The van der Waals surface area contributed by atoms with E-state index in [1.807, 2.05) is 0 Å². The molecule has 0 spiro atoms. The van der Waals surface area contributed by atoms with Crippen LogP contribution in [0, 0.1) is 17.6 Å². The number of ether oxygens (including phenoxy) is 1. The number of rotatable bonds is 5. The number of benzene rings is 1. The fraction of sp³-hybridized carbons (Fsp3) is 0.455. The van der Waals surface area contributed by atoms with Crippen LogP contribution in [-0.4, -0.2) is 60.8 Å². The zero-order chi connectivity index (χ0) is 24.7. The first-order chi connectivity index (χ1) is 16.7. The number of aromatic nitrogens is 1. The number of likely N-dealkylation sites (tertiary alicyclic amines) is 1. The Hall–Kier alpha value is -1.86. The summed E-state index contributed by atoms with van der Waals surface area (Å²) in [6.07, 6.45) is 1.98. The fourth-order valence-electron chi connectivity index (χ4n) is 4.49. The van der Waals surface area contributed by atoms with Gasteiger partial charge in [0.25, 0.3) is 15.2 Å². The molecule has 188 valence electrons. The van der Waals surface area contributed by atoms with Crippen LogP contribution >= 0.6 is 34.3 Å². The molecule has 2 aromatic heterocycles. The van der Waals surface area contributed by atoms with Crippen molar-refractivity contribution in [1.29, 1.82) is 0 Å². The Kier molecular flexibility index (Phi) is 7.01. The molecule has 7 nitrogen and oxygen atoms in total. The Labute approximate surface area is 214 Å². The minimum absolute atomic E-state index is 0.0391. The molecule has 0 radical (unpaired) electrons. The molecule has 35 heavy (non-hydrogen) atoms. The number of nitrogens with zero attached hydrogens (tertiary/aromatic N) is 3. The molecular formula is C22H22ClF2N3O4S3. The number of carbonyl (C=O) groups is 1. The summed E-state index contributed by atoms with van der Waals surface area (Å²) in [6, 6.07) is 5.11. The summed E-state index contributed by atoms with van der Waals surface area (Å²) >= 11 is 8.01. The average molecular weight is 562 g/mol. The second-order valence-corrected chi connectivity index (χ2v) is 13.5. The van der Waals surface area contributed by atoms with Crippen LogP contribution < -0.4 is 4.74 Å². The molecule has 0 aliphatic carbocycles. The Morgan fingerprint density at radius 2 is 1.77 bits per heavy atom. The van der Waals surface area contributed by atoms with Gasteiger partial charge in [0.05, 0.1) is 9.04 Å². The summed E-state index contributed by atoms with van der Waals surface area (Å²) in [5, 5.41) is 0.287. The highest BCUT2D eigenvalue weighted by atomic mass is 35.5. The summed E-state index contributed by atoms with van der Waals surface area (Å²) in [7, 11) is -3.59. The smallest absolute Gasteiger partial charge is 0.274 e. The van der Waals surface area contributed by atoms with Crippen LogP contribution in [0.2, 0.25) is 4.34 Å². The van der Waals surface area contributed by atoms with Gasteiger partial charge in [-0.25, -0.2) is 17.2 Å². The second-order valence-electron chi connectivity index (χ2n) is 8.59. The summed E-state index contributed by atoms with van der Waals surface area (Å²) < 4.78 is 61.2. The predicted molar refractivity (Wildman–Crippen MR) is 131 cm³/mol. The van der Waals surface area contributed by atoms with Crippen LogP contribution in [0.1, 0.15) is 25.7 Å². The van der Waals surface area contributed by atoms with E-state index < -0.39 is 21.7 Å². The van der Waals surface area contributed by atoms with Gasteiger partial charge in [0, 0.05) is 51.0 Å². The number of sulfonamides is 1. The number of carbonyl (C=O) groups excluding carboxylic acids is 1. The lowest BCUT2D eigenvalue weighted by Crippen LogP contribution is -2.47. The SMILES string of the molecule is O=C(C1CCN(S(=O)(=O)c2ccc(Cl)s2)CC1)N1CCC(Oc2nc3c(F)cc(F)cc3s2)CC1. The number of piperidine rings is 2. The van der Waals surface area contributed by atoms with Gasteiger partial charge < -0.3 is 9.64 Å². The summed E-state index contributed by atoms with van der Waals surface area (Å²) in [6.45, 7) is 1.62. The molecule has 1 aromatic carbocycles. The third-order valence-corrected chi connectivity index (χ3v) is 10.9. The Morgan fingerprint density at radius 3 is 2.43 bits per heavy atom. The molecule has 0 N–H and O–H groups in total. The van der Waals surface area contributed by atoms with Crippen molar-refractivity contribution in [2.75, 3.05) is 26.2 Å². The van der Waals surface area contributed by atoms with Crippen molar-refractivity contribution in [3.63, 3.8) is 0 Å². The number of thiophene rings is 1. The fourth-order valence-corrected chi connectivity index (χ4v) is 8.52. The molecule has 0 unspecified atom stereocenters. The molecule has 2 aliphatic rings. The van der Waals surface area contributed by atoms with E-state index in [0.29, 0.717) is 60.9 Å². The van der Waals surface area contributed by atoms with Crippen molar-refractivity contribution in [2.45, 2.75) is 36.0 Å². The van der Waals surface area contributed by atoms with Gasteiger partial charge in [-0.3, -0.25) is 4.79 Å². The molecular weight excluding hydrogens is 540 g/mol. The standard InChI is InChI=1S/C22H22ClF2N3O4S3/c23-18-1-2-19(34-18)35(30,31)28-9-3-13(4-10-28)21(29)27-7-5-15(6-8-27)32-22-26-20-16(25)11-14(24)12-17(20)33-22/h1-2,11-13,15H,3-10H2. The van der Waals surface area contributed by atoms with Crippen LogP contribution in [0.4, 0.5) is 8.78 Å². The van der Waals surface area contributed by atoms with Crippen LogP contribution in [0.15, 0.2) is 28.5 Å². The highest BCUT2D eigenvalue weighted by molar-refractivity contribution is 7.91. The summed E-state index contributed by atoms with van der Waals surface area (Å²) in [4.78, 5) is 19.0. The van der Waals surface area contributed by atoms with E-state index in [9.17, 15) is 22.0 Å². The largest absolute Gasteiger partial charge is 0.467 e. The maximum atomic E-state index is 13.9. The lowest BCUT2D eigenvalue weighted by molar-refractivity contribution is -0.138. The molecule has 5 rings (SSSR count). The van der Waals surface area contributed by atoms with Crippen molar-refractivity contribution in [2.24, 2.45) is 5.92 Å². The molecule has 0 atom stereocenters. The van der Waals surface area contributed by atoms with Gasteiger partial charge in [-0.1, -0.05) is 22.9 Å². The second kappa shape index (κ2) is 9.89. The Morgan fingerprint density at radius 1 is 1.06 bits per heavy atom. The normalized spacial score (nSPS) is 18.9. The van der Waals surface area contributed by atoms with Gasteiger partial charge in [-0.15, -0.1) is 11.3 Å². The highest BCUT2D eigenvalue weighted by Crippen LogP contribution is 2.33. The number of fused-ring (bicyclic) bond motifs is 1.